The van der Waals surface area contributed by atoms with Gasteiger partial charge in [-0.15, -0.1) is 0 Å². The van der Waals surface area contributed by atoms with Crippen LogP contribution in [0.25, 0.3) is 22.1 Å². The number of benzene rings is 3. The summed E-state index contributed by atoms with van der Waals surface area (Å²) in [5.74, 6) is 0.612. The van der Waals surface area contributed by atoms with E-state index in [4.69, 9.17) is 10.2 Å². The summed E-state index contributed by atoms with van der Waals surface area (Å²) < 4.78 is 44.7. The smallest absolute Gasteiger partial charge is 0.416 e. The number of anilines is 1. The van der Waals surface area contributed by atoms with Crippen LogP contribution >= 0.6 is 0 Å². The van der Waals surface area contributed by atoms with Crippen molar-refractivity contribution in [1.82, 2.24) is 0 Å². The highest BCUT2D eigenvalue weighted by molar-refractivity contribution is 5.93. The first-order chi connectivity index (χ1) is 12.9. The highest BCUT2D eigenvalue weighted by atomic mass is 19.4. The van der Waals surface area contributed by atoms with Crippen LogP contribution in [0.1, 0.15) is 16.9 Å². The van der Waals surface area contributed by atoms with Gasteiger partial charge >= 0.3 is 6.18 Å². The normalized spacial score (nSPS) is 11.8. The molecule has 0 bridgehead atoms. The maximum Gasteiger partial charge on any atom is 0.416 e. The van der Waals surface area contributed by atoms with Crippen molar-refractivity contribution in [3.05, 3.63) is 89.7 Å². The van der Waals surface area contributed by atoms with Crippen molar-refractivity contribution < 1.29 is 17.6 Å². The summed E-state index contributed by atoms with van der Waals surface area (Å²) in [6, 6.07) is 20.5. The molecule has 2 nitrogen and oxygen atoms in total. The number of nitrogen functional groups attached to an aromatic ring is 1. The van der Waals surface area contributed by atoms with Gasteiger partial charge < -0.3 is 10.2 Å². The Kier molecular flexibility index (Phi) is 4.15. The van der Waals surface area contributed by atoms with E-state index >= 15 is 0 Å². The van der Waals surface area contributed by atoms with Crippen LogP contribution in [0.15, 0.2) is 77.2 Å². The number of rotatable bonds is 3. The maximum atomic E-state index is 12.9. The number of alkyl halides is 3. The molecule has 27 heavy (non-hydrogen) atoms. The molecule has 0 radical (unpaired) electrons. The van der Waals surface area contributed by atoms with Crippen molar-refractivity contribution in [2.24, 2.45) is 0 Å². The van der Waals surface area contributed by atoms with Crippen LogP contribution < -0.4 is 5.73 Å². The summed E-state index contributed by atoms with van der Waals surface area (Å²) in [6.07, 6.45) is -4.07. The van der Waals surface area contributed by atoms with Crippen molar-refractivity contribution in [1.29, 1.82) is 0 Å². The van der Waals surface area contributed by atoms with Gasteiger partial charge in [-0.05, 0) is 35.4 Å². The molecular formula is C22H16F3NO. The molecule has 0 saturated carbocycles. The lowest BCUT2D eigenvalue weighted by Gasteiger charge is -2.07. The molecule has 1 aromatic heterocycles. The second kappa shape index (κ2) is 6.50. The number of para-hydroxylation sites is 1. The van der Waals surface area contributed by atoms with Crippen molar-refractivity contribution in [3.63, 3.8) is 0 Å². The molecule has 0 saturated heterocycles. The summed E-state index contributed by atoms with van der Waals surface area (Å²) in [4.78, 5) is 0. The molecule has 0 aliphatic rings. The number of hydrogen-bond acceptors (Lipinski definition) is 2. The summed E-state index contributed by atoms with van der Waals surface area (Å²) >= 11 is 0. The van der Waals surface area contributed by atoms with Gasteiger partial charge in [0.1, 0.15) is 11.3 Å². The van der Waals surface area contributed by atoms with Crippen molar-refractivity contribution >= 4 is 16.7 Å². The minimum atomic E-state index is -4.36. The predicted molar refractivity (Wildman–Crippen MR) is 100 cm³/mol. The Bertz CT molecular complexity index is 1110. The van der Waals surface area contributed by atoms with Crippen molar-refractivity contribution in [2.45, 2.75) is 12.6 Å². The van der Waals surface area contributed by atoms with Gasteiger partial charge in [0, 0.05) is 23.1 Å². The van der Waals surface area contributed by atoms with Gasteiger partial charge in [0.15, 0.2) is 0 Å². The Morgan fingerprint density at radius 2 is 1.63 bits per heavy atom. The molecule has 136 valence electrons. The van der Waals surface area contributed by atoms with Crippen molar-refractivity contribution in [2.75, 3.05) is 5.73 Å². The Morgan fingerprint density at radius 1 is 0.852 bits per heavy atom. The van der Waals surface area contributed by atoms with E-state index in [-0.39, 0.29) is 6.42 Å². The Labute approximate surface area is 154 Å². The lowest BCUT2D eigenvalue weighted by atomic mass is 10.0. The minimum Gasteiger partial charge on any atom is -0.460 e. The second-order valence-electron chi connectivity index (χ2n) is 6.44. The monoisotopic (exact) mass is 367 g/mol. The van der Waals surface area contributed by atoms with E-state index in [0.29, 0.717) is 22.6 Å². The summed E-state index contributed by atoms with van der Waals surface area (Å²) in [7, 11) is 0. The van der Waals surface area contributed by atoms with Crippen LogP contribution in [0.5, 0.6) is 0 Å². The molecule has 0 atom stereocenters. The molecule has 1 heterocycles. The van der Waals surface area contributed by atoms with Gasteiger partial charge in [-0.25, -0.2) is 0 Å². The predicted octanol–water partition coefficient (Wildman–Crippen LogP) is 6.29. The average molecular weight is 367 g/mol. The fraction of sp³-hybridized carbons (Fsp3) is 0.0909. The lowest BCUT2D eigenvalue weighted by Crippen LogP contribution is -2.05. The number of furan rings is 1. The van der Waals surface area contributed by atoms with Crippen LogP contribution in [-0.2, 0) is 12.6 Å². The molecule has 0 aliphatic carbocycles. The standard InChI is InChI=1S/C22H16F3NO/c23-22(24,25)17-7-1-4-14(10-17)11-19-13-16-6-3-9-20(21(16)27-19)15-5-2-8-18(26)12-15/h1-10,12-13H,11,26H2. The topological polar surface area (TPSA) is 39.2 Å². The first-order valence-corrected chi connectivity index (χ1v) is 8.44. The first-order valence-electron chi connectivity index (χ1n) is 8.44. The van der Waals surface area contributed by atoms with E-state index in [2.05, 4.69) is 0 Å². The van der Waals surface area contributed by atoms with E-state index < -0.39 is 11.7 Å². The highest BCUT2D eigenvalue weighted by Gasteiger charge is 2.30. The van der Waals surface area contributed by atoms with E-state index in [1.165, 1.54) is 6.07 Å². The SMILES string of the molecule is Nc1cccc(-c2cccc3cc(Cc4cccc(C(F)(F)F)c4)oc23)c1. The fourth-order valence-corrected chi connectivity index (χ4v) is 3.20. The van der Waals surface area contributed by atoms with Crippen LogP contribution in [-0.4, -0.2) is 0 Å². The lowest BCUT2D eigenvalue weighted by molar-refractivity contribution is -0.137. The number of nitrogens with two attached hydrogens (primary N) is 1. The number of hydrogen-bond donors (Lipinski definition) is 1. The Balaban J connectivity index is 1.72. The van der Waals surface area contributed by atoms with Crippen LogP contribution in [0, 0.1) is 0 Å². The molecule has 0 amide bonds. The van der Waals surface area contributed by atoms with Gasteiger partial charge in [-0.1, -0.05) is 48.5 Å². The Morgan fingerprint density at radius 3 is 2.41 bits per heavy atom. The van der Waals surface area contributed by atoms with Gasteiger partial charge in [-0.2, -0.15) is 13.2 Å². The Hall–Kier alpha value is -3.21. The van der Waals surface area contributed by atoms with Crippen LogP contribution in [0.4, 0.5) is 18.9 Å². The van der Waals surface area contributed by atoms with E-state index in [9.17, 15) is 13.2 Å². The van der Waals surface area contributed by atoms with Gasteiger partial charge in [0.2, 0.25) is 0 Å². The van der Waals surface area contributed by atoms with Crippen LogP contribution in [0.3, 0.4) is 0 Å². The van der Waals surface area contributed by atoms with Gasteiger partial charge in [-0.3, -0.25) is 0 Å². The second-order valence-corrected chi connectivity index (χ2v) is 6.44. The van der Waals surface area contributed by atoms with Crippen molar-refractivity contribution in [3.8, 4) is 11.1 Å². The molecule has 0 spiro atoms. The summed E-state index contributed by atoms with van der Waals surface area (Å²) in [6.45, 7) is 0. The average Bonchev–Trinajstić information content (AvgIpc) is 3.03. The number of fused-ring (bicyclic) bond motifs is 1. The molecule has 4 rings (SSSR count). The number of halogens is 3. The molecule has 0 aliphatic heterocycles. The molecule has 0 unspecified atom stereocenters. The fourth-order valence-electron chi connectivity index (χ4n) is 3.20. The summed E-state index contributed by atoms with van der Waals surface area (Å²) in [5, 5.41) is 0.900. The van der Waals surface area contributed by atoms with Crippen LogP contribution in [0.2, 0.25) is 0 Å². The van der Waals surface area contributed by atoms with E-state index in [0.717, 1.165) is 28.6 Å². The zero-order chi connectivity index (χ0) is 19.0. The minimum absolute atomic E-state index is 0.287. The third kappa shape index (κ3) is 3.53. The maximum absolute atomic E-state index is 12.9. The first kappa shape index (κ1) is 17.2. The molecule has 5 heteroatoms. The zero-order valence-corrected chi connectivity index (χ0v) is 14.3. The highest BCUT2D eigenvalue weighted by Crippen LogP contribution is 2.33. The molecule has 2 N–H and O–H groups in total. The summed E-state index contributed by atoms with van der Waals surface area (Å²) in [5.41, 5.74) is 8.95. The van der Waals surface area contributed by atoms with Gasteiger partial charge in [0.05, 0.1) is 5.56 Å². The van der Waals surface area contributed by atoms with E-state index in [1.807, 2.05) is 48.5 Å². The quantitative estimate of drug-likeness (QED) is 0.432. The van der Waals surface area contributed by atoms with Gasteiger partial charge in [0.25, 0.3) is 0 Å². The largest absolute Gasteiger partial charge is 0.460 e. The molecule has 4 aromatic rings. The third-order valence-electron chi connectivity index (χ3n) is 4.43. The van der Waals surface area contributed by atoms with E-state index in [1.54, 1.807) is 6.07 Å². The third-order valence-corrected chi connectivity index (χ3v) is 4.43. The molecule has 0 fully saturated rings. The molecular weight excluding hydrogens is 351 g/mol. The zero-order valence-electron chi connectivity index (χ0n) is 14.3. The molecule has 3 aromatic carbocycles.